The Morgan fingerprint density at radius 1 is 1.33 bits per heavy atom. The number of aromatic nitrogens is 3. The standard InChI is InChI=1S/C11H15N3O/c1-2-3-4-7-15-11-9-5-6-12-10(9)13-8-14-11/h5-6,8H,2-4,7H2,1H3,(H,12,13,14). The van der Waals surface area contributed by atoms with Crippen LogP contribution in [-0.4, -0.2) is 21.6 Å². The van der Waals surface area contributed by atoms with E-state index < -0.39 is 0 Å². The summed E-state index contributed by atoms with van der Waals surface area (Å²) in [5.41, 5.74) is 0.829. The van der Waals surface area contributed by atoms with Crippen molar-refractivity contribution in [1.82, 2.24) is 15.0 Å². The van der Waals surface area contributed by atoms with E-state index in [-0.39, 0.29) is 0 Å². The molecule has 2 aromatic heterocycles. The number of rotatable bonds is 5. The molecule has 4 heteroatoms. The van der Waals surface area contributed by atoms with Crippen molar-refractivity contribution in [1.29, 1.82) is 0 Å². The number of nitrogens with zero attached hydrogens (tertiary/aromatic N) is 2. The molecule has 0 aliphatic heterocycles. The van der Waals surface area contributed by atoms with Gasteiger partial charge < -0.3 is 9.72 Å². The van der Waals surface area contributed by atoms with Gasteiger partial charge in [-0.25, -0.2) is 9.97 Å². The first-order valence-corrected chi connectivity index (χ1v) is 5.32. The molecule has 0 aliphatic rings. The summed E-state index contributed by atoms with van der Waals surface area (Å²) in [5.74, 6) is 0.678. The first-order chi connectivity index (χ1) is 7.42. The van der Waals surface area contributed by atoms with E-state index in [4.69, 9.17) is 4.74 Å². The van der Waals surface area contributed by atoms with E-state index in [0.717, 1.165) is 24.1 Å². The van der Waals surface area contributed by atoms with Gasteiger partial charge in [-0.2, -0.15) is 0 Å². The summed E-state index contributed by atoms with van der Waals surface area (Å²) in [6.45, 7) is 2.90. The molecule has 0 spiro atoms. The summed E-state index contributed by atoms with van der Waals surface area (Å²) in [5, 5.41) is 0.953. The van der Waals surface area contributed by atoms with E-state index in [1.807, 2.05) is 12.3 Å². The first-order valence-electron chi connectivity index (χ1n) is 5.32. The highest BCUT2D eigenvalue weighted by Gasteiger charge is 2.04. The molecule has 0 aromatic carbocycles. The van der Waals surface area contributed by atoms with Gasteiger partial charge in [0.25, 0.3) is 0 Å². The molecule has 4 nitrogen and oxygen atoms in total. The molecule has 0 unspecified atom stereocenters. The maximum absolute atomic E-state index is 5.61. The number of nitrogens with one attached hydrogen (secondary N) is 1. The largest absolute Gasteiger partial charge is 0.477 e. The Morgan fingerprint density at radius 2 is 2.27 bits per heavy atom. The molecule has 0 atom stereocenters. The average Bonchev–Trinajstić information content (AvgIpc) is 2.73. The van der Waals surface area contributed by atoms with Crippen molar-refractivity contribution < 1.29 is 4.74 Å². The lowest BCUT2D eigenvalue weighted by Gasteiger charge is -2.04. The molecule has 0 aliphatic carbocycles. The quantitative estimate of drug-likeness (QED) is 0.763. The van der Waals surface area contributed by atoms with E-state index in [9.17, 15) is 0 Å². The van der Waals surface area contributed by atoms with Gasteiger partial charge in [-0.1, -0.05) is 19.8 Å². The van der Waals surface area contributed by atoms with Crippen LogP contribution < -0.4 is 4.74 Å². The van der Waals surface area contributed by atoms with Crippen molar-refractivity contribution in [3.05, 3.63) is 18.6 Å². The van der Waals surface area contributed by atoms with Crippen LogP contribution in [0.25, 0.3) is 11.0 Å². The monoisotopic (exact) mass is 205 g/mol. The SMILES string of the molecule is CCCCCOc1ncnc2[nH]ccc12. The highest BCUT2D eigenvalue weighted by molar-refractivity contribution is 5.80. The Morgan fingerprint density at radius 3 is 3.13 bits per heavy atom. The third-order valence-electron chi connectivity index (χ3n) is 2.30. The summed E-state index contributed by atoms with van der Waals surface area (Å²) in [4.78, 5) is 11.3. The number of fused-ring (bicyclic) bond motifs is 1. The Balaban J connectivity index is 2.04. The van der Waals surface area contributed by atoms with E-state index in [1.54, 1.807) is 0 Å². The van der Waals surface area contributed by atoms with E-state index >= 15 is 0 Å². The van der Waals surface area contributed by atoms with Gasteiger partial charge in [-0.3, -0.25) is 0 Å². The normalized spacial score (nSPS) is 10.7. The van der Waals surface area contributed by atoms with Crippen LogP contribution in [0.4, 0.5) is 0 Å². The third kappa shape index (κ3) is 2.26. The summed E-state index contributed by atoms with van der Waals surface area (Å²) in [6.07, 6.45) is 6.84. The molecule has 0 bridgehead atoms. The maximum Gasteiger partial charge on any atom is 0.226 e. The van der Waals surface area contributed by atoms with Gasteiger partial charge >= 0.3 is 0 Å². The highest BCUT2D eigenvalue weighted by atomic mass is 16.5. The van der Waals surface area contributed by atoms with Gasteiger partial charge in [0, 0.05) is 6.20 Å². The highest BCUT2D eigenvalue weighted by Crippen LogP contribution is 2.19. The molecule has 2 heterocycles. The van der Waals surface area contributed by atoms with E-state index in [1.165, 1.54) is 19.2 Å². The number of ether oxygens (including phenoxy) is 1. The number of hydrogen-bond donors (Lipinski definition) is 1. The van der Waals surface area contributed by atoms with Crippen molar-refractivity contribution in [2.24, 2.45) is 0 Å². The molecule has 2 aromatic rings. The topological polar surface area (TPSA) is 50.8 Å². The minimum absolute atomic E-state index is 0.678. The fourth-order valence-corrected chi connectivity index (χ4v) is 1.48. The lowest BCUT2D eigenvalue weighted by molar-refractivity contribution is 0.298. The molecule has 2 rings (SSSR count). The van der Waals surface area contributed by atoms with Gasteiger partial charge in [0.2, 0.25) is 5.88 Å². The first kappa shape index (κ1) is 9.96. The van der Waals surface area contributed by atoms with E-state index in [2.05, 4.69) is 21.9 Å². The predicted octanol–water partition coefficient (Wildman–Crippen LogP) is 2.53. The number of aromatic amines is 1. The zero-order valence-electron chi connectivity index (χ0n) is 8.86. The lowest BCUT2D eigenvalue weighted by atomic mass is 10.3. The number of unbranched alkanes of at least 4 members (excludes halogenated alkanes) is 2. The minimum Gasteiger partial charge on any atom is -0.477 e. The van der Waals surface area contributed by atoms with Gasteiger partial charge in [0.05, 0.1) is 12.0 Å². The van der Waals surface area contributed by atoms with Gasteiger partial charge in [-0.05, 0) is 12.5 Å². The molecule has 0 saturated heterocycles. The lowest BCUT2D eigenvalue weighted by Crippen LogP contribution is -1.99. The van der Waals surface area contributed by atoms with Crippen molar-refractivity contribution in [3.63, 3.8) is 0 Å². The number of H-pyrrole nitrogens is 1. The molecule has 80 valence electrons. The molecule has 0 radical (unpaired) electrons. The number of hydrogen-bond acceptors (Lipinski definition) is 3. The van der Waals surface area contributed by atoms with Crippen LogP contribution in [0.15, 0.2) is 18.6 Å². The third-order valence-corrected chi connectivity index (χ3v) is 2.30. The summed E-state index contributed by atoms with van der Waals surface area (Å²) >= 11 is 0. The van der Waals surface area contributed by atoms with Gasteiger partial charge in [-0.15, -0.1) is 0 Å². The van der Waals surface area contributed by atoms with Crippen molar-refractivity contribution >= 4 is 11.0 Å². The summed E-state index contributed by atoms with van der Waals surface area (Å²) < 4.78 is 5.61. The Kier molecular flexibility index (Phi) is 3.17. The fraction of sp³-hybridized carbons (Fsp3) is 0.455. The second-order valence-corrected chi connectivity index (χ2v) is 3.47. The Labute approximate surface area is 88.7 Å². The second kappa shape index (κ2) is 4.77. The van der Waals surface area contributed by atoms with Crippen LogP contribution in [0.3, 0.4) is 0 Å². The second-order valence-electron chi connectivity index (χ2n) is 3.47. The molecule has 0 saturated carbocycles. The zero-order valence-corrected chi connectivity index (χ0v) is 8.86. The molecule has 15 heavy (non-hydrogen) atoms. The van der Waals surface area contributed by atoms with Crippen LogP contribution in [-0.2, 0) is 0 Å². The average molecular weight is 205 g/mol. The van der Waals surface area contributed by atoms with E-state index in [0.29, 0.717) is 5.88 Å². The van der Waals surface area contributed by atoms with Crippen LogP contribution in [0.5, 0.6) is 5.88 Å². The predicted molar refractivity (Wildman–Crippen MR) is 58.9 cm³/mol. The minimum atomic E-state index is 0.678. The molecular weight excluding hydrogens is 190 g/mol. The fourth-order valence-electron chi connectivity index (χ4n) is 1.48. The van der Waals surface area contributed by atoms with Gasteiger partial charge in [0.15, 0.2) is 0 Å². The molecule has 1 N–H and O–H groups in total. The van der Waals surface area contributed by atoms with Crippen molar-refractivity contribution in [2.75, 3.05) is 6.61 Å². The van der Waals surface area contributed by atoms with Gasteiger partial charge in [0.1, 0.15) is 12.0 Å². The molecular formula is C11H15N3O. The van der Waals surface area contributed by atoms with Crippen LogP contribution in [0, 0.1) is 0 Å². The van der Waals surface area contributed by atoms with Crippen molar-refractivity contribution in [3.8, 4) is 5.88 Å². The molecule has 0 amide bonds. The Hall–Kier alpha value is -1.58. The smallest absolute Gasteiger partial charge is 0.226 e. The van der Waals surface area contributed by atoms with Crippen LogP contribution >= 0.6 is 0 Å². The summed E-state index contributed by atoms with van der Waals surface area (Å²) in [6, 6.07) is 1.94. The molecule has 0 fully saturated rings. The van der Waals surface area contributed by atoms with Crippen LogP contribution in [0.2, 0.25) is 0 Å². The maximum atomic E-state index is 5.61. The Bertz CT molecular complexity index is 424. The van der Waals surface area contributed by atoms with Crippen molar-refractivity contribution in [2.45, 2.75) is 26.2 Å². The van der Waals surface area contributed by atoms with Crippen LogP contribution in [0.1, 0.15) is 26.2 Å². The summed E-state index contributed by atoms with van der Waals surface area (Å²) in [7, 11) is 0. The zero-order chi connectivity index (χ0) is 10.5.